The normalized spacial score (nSPS) is 24.8. The van der Waals surface area contributed by atoms with E-state index in [-0.39, 0.29) is 17.8 Å². The van der Waals surface area contributed by atoms with Crippen LogP contribution in [0, 0.1) is 11.2 Å². The number of carboxylic acid groups (broad SMARTS) is 1. The second kappa shape index (κ2) is 7.59. The van der Waals surface area contributed by atoms with Gasteiger partial charge in [-0.1, -0.05) is 24.3 Å². The Morgan fingerprint density at radius 3 is 2.55 bits per heavy atom. The molecule has 0 aromatic heterocycles. The molecule has 152 valence electrons. The van der Waals surface area contributed by atoms with Crippen LogP contribution in [0.1, 0.15) is 29.6 Å². The Hall–Kier alpha value is -2.73. The van der Waals surface area contributed by atoms with E-state index in [0.29, 0.717) is 31.5 Å². The summed E-state index contributed by atoms with van der Waals surface area (Å²) in [4.78, 5) is 29.1. The number of amides is 1. The molecule has 2 aromatic rings. The number of carboxylic acids is 1. The minimum Gasteiger partial charge on any atom is -0.481 e. The van der Waals surface area contributed by atoms with Crippen molar-refractivity contribution in [2.24, 2.45) is 5.41 Å². The van der Waals surface area contributed by atoms with Gasteiger partial charge in [0.25, 0.3) is 5.91 Å². The molecule has 5 nitrogen and oxygen atoms in total. The van der Waals surface area contributed by atoms with E-state index >= 15 is 0 Å². The molecule has 2 aromatic carbocycles. The molecule has 6 heteroatoms. The number of fused-ring (bicyclic) bond motifs is 1. The average molecular weight is 396 g/mol. The minimum absolute atomic E-state index is 0.0908. The van der Waals surface area contributed by atoms with Crippen LogP contribution in [0.25, 0.3) is 11.1 Å². The summed E-state index contributed by atoms with van der Waals surface area (Å²) in [5, 5.41) is 9.91. The number of benzene rings is 2. The molecule has 1 amide bonds. The van der Waals surface area contributed by atoms with Crippen molar-refractivity contribution in [2.45, 2.75) is 25.3 Å². The molecule has 1 N–H and O–H groups in total. The fourth-order valence-corrected chi connectivity index (χ4v) is 4.83. The molecule has 0 spiro atoms. The van der Waals surface area contributed by atoms with Gasteiger partial charge in [0.1, 0.15) is 5.82 Å². The van der Waals surface area contributed by atoms with Gasteiger partial charge in [-0.05, 0) is 68.2 Å². The maximum absolute atomic E-state index is 13.2. The quantitative estimate of drug-likeness (QED) is 0.863. The van der Waals surface area contributed by atoms with Crippen molar-refractivity contribution in [2.75, 3.05) is 26.7 Å². The zero-order valence-electron chi connectivity index (χ0n) is 16.5. The zero-order valence-corrected chi connectivity index (χ0v) is 16.5. The molecule has 0 bridgehead atoms. The molecule has 0 unspecified atom stereocenters. The average Bonchev–Trinajstić information content (AvgIpc) is 2.74. The molecule has 2 fully saturated rings. The molecular formula is C23H25FN2O3. The van der Waals surface area contributed by atoms with Crippen molar-refractivity contribution in [3.8, 4) is 11.1 Å². The Bertz CT molecular complexity index is 930. The van der Waals surface area contributed by atoms with Crippen molar-refractivity contribution in [3.05, 3.63) is 59.9 Å². The highest BCUT2D eigenvalue weighted by Crippen LogP contribution is 2.42. The first-order chi connectivity index (χ1) is 13.9. The first-order valence-electron chi connectivity index (χ1n) is 10.00. The Morgan fingerprint density at radius 1 is 1.07 bits per heavy atom. The van der Waals surface area contributed by atoms with Crippen molar-refractivity contribution >= 4 is 11.9 Å². The number of carbonyl (C=O) groups is 2. The number of nitrogens with zero attached hydrogens (tertiary/aromatic N) is 2. The van der Waals surface area contributed by atoms with Crippen molar-refractivity contribution in [3.63, 3.8) is 0 Å². The highest BCUT2D eigenvalue weighted by Gasteiger charge is 2.52. The summed E-state index contributed by atoms with van der Waals surface area (Å²) in [6.45, 7) is 1.71. The van der Waals surface area contributed by atoms with Gasteiger partial charge in [0.05, 0.1) is 5.41 Å². The first-order valence-corrected chi connectivity index (χ1v) is 10.00. The van der Waals surface area contributed by atoms with Gasteiger partial charge in [-0.15, -0.1) is 0 Å². The molecule has 0 radical (unpaired) electrons. The summed E-state index contributed by atoms with van der Waals surface area (Å²) < 4.78 is 13.2. The smallest absolute Gasteiger partial charge is 0.311 e. The van der Waals surface area contributed by atoms with Crippen LogP contribution in [0.3, 0.4) is 0 Å². The summed E-state index contributed by atoms with van der Waals surface area (Å²) in [5.41, 5.74) is 1.49. The summed E-state index contributed by atoms with van der Waals surface area (Å²) >= 11 is 0. The highest BCUT2D eigenvalue weighted by molar-refractivity contribution is 5.95. The second-order valence-electron chi connectivity index (χ2n) is 8.15. The number of likely N-dealkylation sites (N-methyl/N-ethyl adjacent to an activating group) is 1. The van der Waals surface area contributed by atoms with E-state index in [1.807, 2.05) is 25.2 Å². The number of hydrogen-bond donors (Lipinski definition) is 1. The fourth-order valence-electron chi connectivity index (χ4n) is 4.83. The van der Waals surface area contributed by atoms with Crippen LogP contribution in [0.2, 0.25) is 0 Å². The van der Waals surface area contributed by atoms with E-state index in [9.17, 15) is 19.1 Å². The summed E-state index contributed by atoms with van der Waals surface area (Å²) in [6, 6.07) is 13.3. The molecule has 2 saturated heterocycles. The second-order valence-corrected chi connectivity index (χ2v) is 8.15. The summed E-state index contributed by atoms with van der Waals surface area (Å²) in [6.07, 6.45) is 2.01. The van der Waals surface area contributed by atoms with E-state index in [4.69, 9.17) is 0 Å². The lowest BCUT2D eigenvalue weighted by Crippen LogP contribution is -2.63. The Labute approximate surface area is 169 Å². The van der Waals surface area contributed by atoms with Gasteiger partial charge in [0.2, 0.25) is 0 Å². The summed E-state index contributed by atoms with van der Waals surface area (Å²) in [7, 11) is 1.95. The van der Waals surface area contributed by atoms with E-state index < -0.39 is 11.4 Å². The number of hydrogen-bond acceptors (Lipinski definition) is 3. The van der Waals surface area contributed by atoms with Crippen LogP contribution in [0.15, 0.2) is 48.5 Å². The van der Waals surface area contributed by atoms with E-state index in [0.717, 1.165) is 24.1 Å². The predicted molar refractivity (Wildman–Crippen MR) is 108 cm³/mol. The molecule has 2 atom stereocenters. The molecule has 4 rings (SSSR count). The Morgan fingerprint density at radius 2 is 1.83 bits per heavy atom. The summed E-state index contributed by atoms with van der Waals surface area (Å²) in [5.74, 6) is -1.14. The van der Waals surface area contributed by atoms with E-state index in [1.165, 1.54) is 12.1 Å². The van der Waals surface area contributed by atoms with Gasteiger partial charge in [-0.3, -0.25) is 9.59 Å². The van der Waals surface area contributed by atoms with Crippen LogP contribution in [0.4, 0.5) is 4.39 Å². The largest absolute Gasteiger partial charge is 0.481 e. The number of piperidine rings is 2. The van der Waals surface area contributed by atoms with Gasteiger partial charge in [-0.25, -0.2) is 4.39 Å². The van der Waals surface area contributed by atoms with Crippen molar-refractivity contribution < 1.29 is 19.1 Å². The van der Waals surface area contributed by atoms with E-state index in [2.05, 4.69) is 4.90 Å². The van der Waals surface area contributed by atoms with Gasteiger partial charge in [0, 0.05) is 24.7 Å². The highest BCUT2D eigenvalue weighted by atomic mass is 19.1. The third-order valence-electron chi connectivity index (χ3n) is 6.53. The van der Waals surface area contributed by atoms with Crippen molar-refractivity contribution in [1.82, 2.24) is 9.80 Å². The molecule has 0 saturated carbocycles. The molecule has 2 heterocycles. The van der Waals surface area contributed by atoms with Gasteiger partial charge in [-0.2, -0.15) is 0 Å². The fraction of sp³-hybridized carbons (Fsp3) is 0.391. The van der Waals surface area contributed by atoms with Gasteiger partial charge >= 0.3 is 5.97 Å². The van der Waals surface area contributed by atoms with Crippen LogP contribution in [-0.2, 0) is 4.79 Å². The van der Waals surface area contributed by atoms with Crippen molar-refractivity contribution in [1.29, 1.82) is 0 Å². The van der Waals surface area contributed by atoms with Crippen LogP contribution >= 0.6 is 0 Å². The lowest BCUT2D eigenvalue weighted by Gasteiger charge is -2.51. The SMILES string of the molecule is CN1CCC[C@]2(C(=O)O)CCN(C(=O)c3cccc(-c4ccc(F)cc4)c3)C[C@@H]12. The number of aliphatic carboxylic acids is 1. The Balaban J connectivity index is 1.57. The van der Waals surface area contributed by atoms with Crippen LogP contribution in [-0.4, -0.2) is 59.5 Å². The molecular weight excluding hydrogens is 371 g/mol. The lowest BCUT2D eigenvalue weighted by atomic mass is 9.68. The standard InChI is InChI=1S/C23H25FN2O3/c1-25-12-3-10-23(22(28)29)11-13-26(15-20(23)25)21(27)18-5-2-4-17(14-18)16-6-8-19(24)9-7-16/h2,4-9,14,20H,3,10-13,15H2,1H3,(H,28,29)/t20-,23+/m1/s1. The third kappa shape index (κ3) is 3.53. The predicted octanol–water partition coefficient (Wildman–Crippen LogP) is 3.50. The maximum Gasteiger partial charge on any atom is 0.311 e. The molecule has 2 aliphatic heterocycles. The van der Waals surface area contributed by atoms with Gasteiger partial charge < -0.3 is 14.9 Å². The van der Waals surface area contributed by atoms with Gasteiger partial charge in [0.15, 0.2) is 0 Å². The molecule has 0 aliphatic carbocycles. The van der Waals surface area contributed by atoms with E-state index in [1.54, 1.807) is 23.1 Å². The topological polar surface area (TPSA) is 60.9 Å². The lowest BCUT2D eigenvalue weighted by molar-refractivity contribution is -0.161. The molecule has 29 heavy (non-hydrogen) atoms. The number of halogens is 1. The number of carbonyl (C=O) groups excluding carboxylic acids is 1. The zero-order chi connectivity index (χ0) is 20.6. The first kappa shape index (κ1) is 19.6. The maximum atomic E-state index is 13.2. The third-order valence-corrected chi connectivity index (χ3v) is 6.53. The van der Waals surface area contributed by atoms with Crippen LogP contribution in [0.5, 0.6) is 0 Å². The number of rotatable bonds is 3. The number of likely N-dealkylation sites (tertiary alicyclic amines) is 2. The minimum atomic E-state index is -0.764. The Kier molecular flexibility index (Phi) is 5.13. The van der Waals surface area contributed by atoms with Crippen LogP contribution < -0.4 is 0 Å². The monoisotopic (exact) mass is 396 g/mol. The molecule has 2 aliphatic rings.